The molecule has 1 amide bonds. The molecule has 1 fully saturated rings. The lowest BCUT2D eigenvalue weighted by molar-refractivity contribution is -0.148. The van der Waals surface area contributed by atoms with Crippen LogP contribution < -0.4 is 0 Å². The molecule has 0 aromatic heterocycles. The number of hydrogen-bond donors (Lipinski definition) is 1. The smallest absolute Gasteiger partial charge is 0.323 e. The largest absolute Gasteiger partial charge is 0.480 e. The number of hydrogen-bond acceptors (Lipinski definition) is 2. The van der Waals surface area contributed by atoms with Gasteiger partial charge < -0.3 is 10.0 Å². The number of alkyl halides is 1. The first-order chi connectivity index (χ1) is 7.91. The molecule has 0 radical (unpaired) electrons. The molecule has 4 nitrogen and oxygen atoms in total. The molecule has 1 N–H and O–H groups in total. The second-order valence-corrected chi connectivity index (χ2v) is 4.91. The van der Waals surface area contributed by atoms with Crippen molar-refractivity contribution in [3.8, 4) is 0 Å². The van der Waals surface area contributed by atoms with Gasteiger partial charge in [-0.3, -0.25) is 9.59 Å². The van der Waals surface area contributed by atoms with Crippen molar-refractivity contribution in [2.45, 2.75) is 51.7 Å². The SMILES string of the molecule is CC(C)N(CC(=O)O)C(=O)C1CCCC(F)C1. The molecular weight excluding hydrogens is 225 g/mol. The van der Waals surface area contributed by atoms with Crippen molar-refractivity contribution in [3.63, 3.8) is 0 Å². The lowest BCUT2D eigenvalue weighted by Gasteiger charge is -2.31. The summed E-state index contributed by atoms with van der Waals surface area (Å²) in [7, 11) is 0. The molecule has 1 aliphatic rings. The average molecular weight is 245 g/mol. The Morgan fingerprint density at radius 2 is 2.06 bits per heavy atom. The van der Waals surface area contributed by atoms with Crippen LogP contribution in [0.3, 0.4) is 0 Å². The predicted octanol–water partition coefficient (Wildman–Crippen LogP) is 1.84. The van der Waals surface area contributed by atoms with Gasteiger partial charge in [-0.25, -0.2) is 4.39 Å². The van der Waals surface area contributed by atoms with Gasteiger partial charge in [-0.05, 0) is 39.5 Å². The van der Waals surface area contributed by atoms with Gasteiger partial charge in [0.1, 0.15) is 12.7 Å². The molecule has 0 aliphatic heterocycles. The van der Waals surface area contributed by atoms with Gasteiger partial charge in [-0.15, -0.1) is 0 Å². The average Bonchev–Trinajstić information content (AvgIpc) is 2.24. The number of carbonyl (C=O) groups is 2. The highest BCUT2D eigenvalue weighted by molar-refractivity contribution is 5.83. The van der Waals surface area contributed by atoms with Gasteiger partial charge >= 0.3 is 5.97 Å². The first kappa shape index (κ1) is 13.9. The maximum absolute atomic E-state index is 13.2. The van der Waals surface area contributed by atoms with Crippen LogP contribution in [0.5, 0.6) is 0 Å². The van der Waals surface area contributed by atoms with Crippen LogP contribution in [0.15, 0.2) is 0 Å². The third-order valence-electron chi connectivity index (χ3n) is 3.17. The summed E-state index contributed by atoms with van der Waals surface area (Å²) in [5.41, 5.74) is 0. The summed E-state index contributed by atoms with van der Waals surface area (Å²) in [6, 6.07) is -0.168. The maximum Gasteiger partial charge on any atom is 0.323 e. The van der Waals surface area contributed by atoms with Crippen LogP contribution in [0.4, 0.5) is 4.39 Å². The van der Waals surface area contributed by atoms with E-state index in [1.165, 1.54) is 4.90 Å². The molecule has 98 valence electrons. The van der Waals surface area contributed by atoms with E-state index in [2.05, 4.69) is 0 Å². The quantitative estimate of drug-likeness (QED) is 0.822. The normalized spacial score (nSPS) is 24.7. The Bertz CT molecular complexity index is 293. The molecule has 5 heteroatoms. The number of halogens is 1. The minimum atomic E-state index is -1.03. The number of amides is 1. The molecule has 1 rings (SSSR count). The number of aliphatic carboxylic acids is 1. The minimum absolute atomic E-state index is 0.168. The lowest BCUT2D eigenvalue weighted by atomic mass is 9.87. The third kappa shape index (κ3) is 3.98. The fourth-order valence-corrected chi connectivity index (χ4v) is 2.25. The second kappa shape index (κ2) is 5.98. The zero-order valence-corrected chi connectivity index (χ0v) is 10.4. The molecule has 0 aromatic rings. The Hall–Kier alpha value is -1.13. The van der Waals surface area contributed by atoms with Crippen LogP contribution in [0.2, 0.25) is 0 Å². The molecule has 0 spiro atoms. The zero-order valence-electron chi connectivity index (χ0n) is 10.4. The van der Waals surface area contributed by atoms with Gasteiger partial charge in [-0.1, -0.05) is 0 Å². The first-order valence-electron chi connectivity index (χ1n) is 6.08. The fourth-order valence-electron chi connectivity index (χ4n) is 2.25. The Kier molecular flexibility index (Phi) is 4.90. The highest BCUT2D eigenvalue weighted by Crippen LogP contribution is 2.28. The van der Waals surface area contributed by atoms with Crippen molar-refractivity contribution in [3.05, 3.63) is 0 Å². The Labute approximate surface area is 101 Å². The van der Waals surface area contributed by atoms with Crippen molar-refractivity contribution < 1.29 is 19.1 Å². The van der Waals surface area contributed by atoms with Crippen LogP contribution in [0.25, 0.3) is 0 Å². The highest BCUT2D eigenvalue weighted by Gasteiger charge is 2.32. The van der Waals surface area contributed by atoms with Crippen LogP contribution in [-0.2, 0) is 9.59 Å². The first-order valence-corrected chi connectivity index (χ1v) is 6.08. The number of carboxylic acid groups (broad SMARTS) is 1. The van der Waals surface area contributed by atoms with Crippen LogP contribution in [0, 0.1) is 5.92 Å². The van der Waals surface area contributed by atoms with Crippen LogP contribution in [-0.4, -0.2) is 40.6 Å². The van der Waals surface area contributed by atoms with Gasteiger partial charge in [0.2, 0.25) is 5.91 Å². The standard InChI is InChI=1S/C12H20FNO3/c1-8(2)14(7-11(15)16)12(17)9-4-3-5-10(13)6-9/h8-10H,3-7H2,1-2H3,(H,15,16). The number of rotatable bonds is 4. The van der Waals surface area contributed by atoms with Gasteiger partial charge in [-0.2, -0.15) is 0 Å². The fraction of sp³-hybridized carbons (Fsp3) is 0.833. The van der Waals surface area contributed by atoms with Crippen molar-refractivity contribution in [2.75, 3.05) is 6.54 Å². The minimum Gasteiger partial charge on any atom is -0.480 e. The summed E-state index contributed by atoms with van der Waals surface area (Å²) < 4.78 is 13.2. The topological polar surface area (TPSA) is 57.6 Å². The summed E-state index contributed by atoms with van der Waals surface area (Å²) in [6.45, 7) is 3.25. The summed E-state index contributed by atoms with van der Waals surface area (Å²) in [4.78, 5) is 24.1. The molecule has 0 bridgehead atoms. The van der Waals surface area contributed by atoms with Gasteiger partial charge in [0, 0.05) is 12.0 Å². The third-order valence-corrected chi connectivity index (χ3v) is 3.17. The number of carbonyl (C=O) groups excluding carboxylic acids is 1. The van der Waals surface area contributed by atoms with E-state index >= 15 is 0 Å². The summed E-state index contributed by atoms with van der Waals surface area (Å²) >= 11 is 0. The number of nitrogens with zero attached hydrogens (tertiary/aromatic N) is 1. The van der Waals surface area contributed by atoms with Crippen molar-refractivity contribution >= 4 is 11.9 Å². The molecule has 17 heavy (non-hydrogen) atoms. The molecule has 1 aliphatic carbocycles. The molecular formula is C12H20FNO3. The molecule has 1 saturated carbocycles. The van der Waals surface area contributed by atoms with E-state index in [1.807, 2.05) is 0 Å². The number of carboxylic acids is 1. The van der Waals surface area contributed by atoms with E-state index in [1.54, 1.807) is 13.8 Å². The van der Waals surface area contributed by atoms with E-state index in [0.717, 1.165) is 0 Å². The van der Waals surface area contributed by atoms with E-state index in [-0.39, 0.29) is 30.8 Å². The monoisotopic (exact) mass is 245 g/mol. The van der Waals surface area contributed by atoms with Gasteiger partial charge in [0.25, 0.3) is 0 Å². The van der Waals surface area contributed by atoms with Gasteiger partial charge in [0.15, 0.2) is 0 Å². The highest BCUT2D eigenvalue weighted by atomic mass is 19.1. The molecule has 2 atom stereocenters. The predicted molar refractivity (Wildman–Crippen MR) is 61.3 cm³/mol. The van der Waals surface area contributed by atoms with E-state index < -0.39 is 12.1 Å². The zero-order chi connectivity index (χ0) is 13.0. The van der Waals surface area contributed by atoms with Crippen molar-refractivity contribution in [1.29, 1.82) is 0 Å². The maximum atomic E-state index is 13.2. The molecule has 0 aromatic carbocycles. The van der Waals surface area contributed by atoms with E-state index in [0.29, 0.717) is 19.3 Å². The molecule has 0 saturated heterocycles. The molecule has 0 heterocycles. The van der Waals surface area contributed by atoms with Crippen LogP contribution in [0.1, 0.15) is 39.5 Å². The Morgan fingerprint density at radius 3 is 2.53 bits per heavy atom. The van der Waals surface area contributed by atoms with E-state index in [9.17, 15) is 14.0 Å². The Morgan fingerprint density at radius 1 is 1.41 bits per heavy atom. The lowest BCUT2D eigenvalue weighted by Crippen LogP contribution is -2.45. The van der Waals surface area contributed by atoms with Crippen LogP contribution >= 0.6 is 0 Å². The summed E-state index contributed by atoms with van der Waals surface area (Å²) in [5, 5.41) is 8.76. The Balaban J connectivity index is 2.66. The van der Waals surface area contributed by atoms with Crippen molar-refractivity contribution in [1.82, 2.24) is 4.90 Å². The summed E-state index contributed by atoms with van der Waals surface area (Å²) in [5.74, 6) is -1.59. The summed E-state index contributed by atoms with van der Waals surface area (Å²) in [6.07, 6.45) is 1.21. The molecule has 2 unspecified atom stereocenters. The van der Waals surface area contributed by atoms with Crippen molar-refractivity contribution in [2.24, 2.45) is 5.92 Å². The van der Waals surface area contributed by atoms with Gasteiger partial charge in [0.05, 0.1) is 0 Å². The second-order valence-electron chi connectivity index (χ2n) is 4.91. The van der Waals surface area contributed by atoms with E-state index in [4.69, 9.17) is 5.11 Å².